The quantitative estimate of drug-likeness (QED) is 0.694. The zero-order valence-electron chi connectivity index (χ0n) is 10.8. The van der Waals surface area contributed by atoms with Gasteiger partial charge in [-0.3, -0.25) is 0 Å². The third kappa shape index (κ3) is 3.69. The van der Waals surface area contributed by atoms with Gasteiger partial charge in [0, 0.05) is 12.2 Å². The van der Waals surface area contributed by atoms with Crippen LogP contribution in [-0.4, -0.2) is 26.2 Å². The molecule has 5 nitrogen and oxygen atoms in total. The van der Waals surface area contributed by atoms with Crippen LogP contribution in [0.3, 0.4) is 0 Å². The Hall–Kier alpha value is -1.11. The monoisotopic (exact) mass is 272 g/mol. The number of sulfonamides is 1. The van der Waals surface area contributed by atoms with Crippen LogP contribution in [0, 0.1) is 12.8 Å². The van der Waals surface area contributed by atoms with Crippen LogP contribution in [0.15, 0.2) is 23.1 Å². The molecule has 0 amide bonds. The van der Waals surface area contributed by atoms with Gasteiger partial charge in [-0.05, 0) is 36.6 Å². The van der Waals surface area contributed by atoms with Crippen molar-refractivity contribution in [2.45, 2.75) is 31.8 Å². The molecule has 0 aromatic heterocycles. The first-order valence-corrected chi connectivity index (χ1v) is 7.26. The molecule has 0 fully saturated rings. The highest BCUT2D eigenvalue weighted by Crippen LogP contribution is 2.17. The van der Waals surface area contributed by atoms with Gasteiger partial charge in [0.05, 0.1) is 11.0 Å². The molecule has 0 aliphatic rings. The number of nitrogen functional groups attached to an aromatic ring is 1. The van der Waals surface area contributed by atoms with E-state index in [-0.39, 0.29) is 17.4 Å². The van der Waals surface area contributed by atoms with Gasteiger partial charge in [0.25, 0.3) is 0 Å². The summed E-state index contributed by atoms with van der Waals surface area (Å²) >= 11 is 0. The summed E-state index contributed by atoms with van der Waals surface area (Å²) < 4.78 is 26.5. The van der Waals surface area contributed by atoms with Gasteiger partial charge in [-0.25, -0.2) is 13.1 Å². The molecule has 4 N–H and O–H groups in total. The fourth-order valence-corrected chi connectivity index (χ4v) is 2.76. The fourth-order valence-electron chi connectivity index (χ4n) is 1.48. The van der Waals surface area contributed by atoms with E-state index in [9.17, 15) is 13.5 Å². The van der Waals surface area contributed by atoms with E-state index in [0.29, 0.717) is 11.3 Å². The number of hydrogen-bond acceptors (Lipinski definition) is 4. The molecule has 1 atom stereocenters. The maximum Gasteiger partial charge on any atom is 0.240 e. The van der Waals surface area contributed by atoms with E-state index in [0.717, 1.165) is 0 Å². The number of nitrogens with one attached hydrogen (secondary N) is 1. The van der Waals surface area contributed by atoms with Gasteiger partial charge in [-0.1, -0.05) is 13.8 Å². The molecular weight excluding hydrogens is 252 g/mol. The van der Waals surface area contributed by atoms with Gasteiger partial charge in [-0.2, -0.15) is 0 Å². The van der Waals surface area contributed by atoms with E-state index in [1.807, 2.05) is 13.8 Å². The summed E-state index contributed by atoms with van der Waals surface area (Å²) in [5.74, 6) is 0.000199. The molecule has 6 heteroatoms. The lowest BCUT2D eigenvalue weighted by atomic mass is 10.1. The van der Waals surface area contributed by atoms with Crippen LogP contribution in [0.4, 0.5) is 5.69 Å². The molecule has 0 spiro atoms. The minimum absolute atomic E-state index is 0.000199. The van der Waals surface area contributed by atoms with Crippen molar-refractivity contribution in [3.05, 3.63) is 23.8 Å². The summed E-state index contributed by atoms with van der Waals surface area (Å²) in [4.78, 5) is 0.188. The topological polar surface area (TPSA) is 92.4 Å². The summed E-state index contributed by atoms with van der Waals surface area (Å²) in [5, 5.41) is 9.60. The van der Waals surface area contributed by atoms with E-state index in [1.54, 1.807) is 19.1 Å². The summed E-state index contributed by atoms with van der Waals surface area (Å²) in [6.45, 7) is 5.34. The van der Waals surface area contributed by atoms with Crippen molar-refractivity contribution in [1.82, 2.24) is 4.72 Å². The van der Waals surface area contributed by atoms with Crippen molar-refractivity contribution in [1.29, 1.82) is 0 Å². The number of anilines is 1. The molecule has 102 valence electrons. The third-order valence-electron chi connectivity index (χ3n) is 2.74. The Bertz CT molecular complexity index is 512. The van der Waals surface area contributed by atoms with E-state index in [1.165, 1.54) is 6.07 Å². The average molecular weight is 272 g/mol. The zero-order valence-corrected chi connectivity index (χ0v) is 11.7. The number of aliphatic hydroxyl groups is 1. The average Bonchev–Trinajstić information content (AvgIpc) is 2.25. The van der Waals surface area contributed by atoms with Gasteiger partial charge in [0.15, 0.2) is 0 Å². The molecule has 0 radical (unpaired) electrons. The van der Waals surface area contributed by atoms with Gasteiger partial charge < -0.3 is 10.8 Å². The van der Waals surface area contributed by atoms with Gasteiger partial charge in [-0.15, -0.1) is 0 Å². The Morgan fingerprint density at radius 2 is 2.00 bits per heavy atom. The molecule has 0 bridgehead atoms. The molecule has 1 unspecified atom stereocenters. The summed E-state index contributed by atoms with van der Waals surface area (Å²) in [6.07, 6.45) is -0.700. The lowest BCUT2D eigenvalue weighted by molar-refractivity contribution is 0.129. The first kappa shape index (κ1) is 14.9. The Morgan fingerprint density at radius 1 is 1.39 bits per heavy atom. The Labute approximate surface area is 108 Å². The number of rotatable bonds is 5. The molecule has 0 saturated carbocycles. The van der Waals surface area contributed by atoms with Crippen molar-refractivity contribution in [3.63, 3.8) is 0 Å². The van der Waals surface area contributed by atoms with Crippen molar-refractivity contribution >= 4 is 15.7 Å². The molecule has 1 aromatic rings. The fraction of sp³-hybridized carbons (Fsp3) is 0.500. The van der Waals surface area contributed by atoms with Crippen LogP contribution in [-0.2, 0) is 10.0 Å². The van der Waals surface area contributed by atoms with Gasteiger partial charge >= 0.3 is 0 Å². The SMILES string of the molecule is Cc1cc(N)ccc1S(=O)(=O)NCC(O)C(C)C. The van der Waals surface area contributed by atoms with Crippen LogP contribution in [0.25, 0.3) is 0 Å². The Morgan fingerprint density at radius 3 is 2.50 bits per heavy atom. The second kappa shape index (κ2) is 5.69. The molecule has 1 aromatic carbocycles. The molecule has 0 heterocycles. The number of benzene rings is 1. The summed E-state index contributed by atoms with van der Waals surface area (Å²) in [6, 6.07) is 4.61. The van der Waals surface area contributed by atoms with Crippen LogP contribution in [0.1, 0.15) is 19.4 Å². The molecule has 0 aliphatic heterocycles. The molecule has 0 saturated heterocycles. The van der Waals surface area contributed by atoms with Crippen molar-refractivity contribution in [2.24, 2.45) is 5.92 Å². The number of aliphatic hydroxyl groups excluding tert-OH is 1. The molecule has 0 aliphatic carbocycles. The highest BCUT2D eigenvalue weighted by Gasteiger charge is 2.19. The van der Waals surface area contributed by atoms with Gasteiger partial charge in [0.2, 0.25) is 10.0 Å². The molecule has 1 rings (SSSR count). The predicted molar refractivity (Wildman–Crippen MR) is 71.6 cm³/mol. The van der Waals surface area contributed by atoms with E-state index in [2.05, 4.69) is 4.72 Å². The number of nitrogens with two attached hydrogens (primary N) is 1. The lowest BCUT2D eigenvalue weighted by Gasteiger charge is -2.16. The second-order valence-electron chi connectivity index (χ2n) is 4.69. The molecular formula is C12H20N2O3S. The smallest absolute Gasteiger partial charge is 0.240 e. The third-order valence-corrected chi connectivity index (χ3v) is 4.32. The van der Waals surface area contributed by atoms with Crippen LogP contribution >= 0.6 is 0 Å². The minimum atomic E-state index is -3.60. The van der Waals surface area contributed by atoms with E-state index < -0.39 is 16.1 Å². The highest BCUT2D eigenvalue weighted by molar-refractivity contribution is 7.89. The number of aryl methyl sites for hydroxylation is 1. The highest BCUT2D eigenvalue weighted by atomic mass is 32.2. The first-order valence-electron chi connectivity index (χ1n) is 5.78. The van der Waals surface area contributed by atoms with Gasteiger partial charge in [0.1, 0.15) is 0 Å². The second-order valence-corrected chi connectivity index (χ2v) is 6.42. The molecule has 18 heavy (non-hydrogen) atoms. The van der Waals surface area contributed by atoms with Crippen molar-refractivity contribution in [2.75, 3.05) is 12.3 Å². The van der Waals surface area contributed by atoms with Crippen molar-refractivity contribution in [3.8, 4) is 0 Å². The minimum Gasteiger partial charge on any atom is -0.399 e. The van der Waals surface area contributed by atoms with Crippen LogP contribution in [0.5, 0.6) is 0 Å². The predicted octanol–water partition coefficient (Wildman–Crippen LogP) is 0.872. The van der Waals surface area contributed by atoms with E-state index >= 15 is 0 Å². The normalized spacial score (nSPS) is 13.8. The standard InChI is InChI=1S/C12H20N2O3S/c1-8(2)11(15)7-14-18(16,17)12-5-4-10(13)6-9(12)3/h4-6,8,11,14-15H,7,13H2,1-3H3. The number of hydrogen-bond donors (Lipinski definition) is 3. The summed E-state index contributed by atoms with van der Waals surface area (Å²) in [7, 11) is -3.60. The maximum absolute atomic E-state index is 12.0. The Balaban J connectivity index is 2.87. The van der Waals surface area contributed by atoms with Crippen LogP contribution in [0.2, 0.25) is 0 Å². The zero-order chi connectivity index (χ0) is 13.9. The van der Waals surface area contributed by atoms with Crippen LogP contribution < -0.4 is 10.5 Å². The largest absolute Gasteiger partial charge is 0.399 e. The first-order chi connectivity index (χ1) is 8.24. The Kier molecular flexibility index (Phi) is 4.72. The summed E-state index contributed by atoms with van der Waals surface area (Å²) in [5.41, 5.74) is 6.68. The van der Waals surface area contributed by atoms with Crippen molar-refractivity contribution < 1.29 is 13.5 Å². The lowest BCUT2D eigenvalue weighted by Crippen LogP contribution is -2.35. The van der Waals surface area contributed by atoms with E-state index in [4.69, 9.17) is 5.73 Å². The maximum atomic E-state index is 12.0.